The second-order valence-corrected chi connectivity index (χ2v) is 2.29. The van der Waals surface area contributed by atoms with Crippen LogP contribution < -0.4 is 0 Å². The number of rotatable bonds is 2. The second-order valence-electron chi connectivity index (χ2n) is 2.29. The van der Waals surface area contributed by atoms with Crippen LogP contribution in [0.3, 0.4) is 0 Å². The molecule has 0 aliphatic heterocycles. The van der Waals surface area contributed by atoms with Crippen LogP contribution in [0.25, 0.3) is 0 Å². The van der Waals surface area contributed by atoms with Crippen molar-refractivity contribution in [2.75, 3.05) is 0 Å². The molecule has 0 aliphatic carbocycles. The maximum absolute atomic E-state index is 11.5. The van der Waals surface area contributed by atoms with Crippen LogP contribution in [0.1, 0.15) is 16.2 Å². The molecule has 0 amide bonds. The van der Waals surface area contributed by atoms with Gasteiger partial charge < -0.3 is 0 Å². The smallest absolute Gasteiger partial charge is 0.232 e. The summed E-state index contributed by atoms with van der Waals surface area (Å²) in [6.45, 7) is 0. The first-order chi connectivity index (χ1) is 6.38. The van der Waals surface area contributed by atoms with Crippen LogP contribution in [0.5, 0.6) is 0 Å². The standard InChI is InChI=1S/C7H5N5O/c13-6(7-10-4-11-12-7)5-1-8-3-9-2-5/h1-4H,(H,10,11,12). The Hall–Kier alpha value is -2.11. The zero-order valence-corrected chi connectivity index (χ0v) is 6.51. The van der Waals surface area contributed by atoms with Gasteiger partial charge in [-0.05, 0) is 0 Å². The fourth-order valence-corrected chi connectivity index (χ4v) is 0.868. The highest BCUT2D eigenvalue weighted by Gasteiger charge is 2.11. The molecule has 2 heterocycles. The second kappa shape index (κ2) is 3.10. The van der Waals surface area contributed by atoms with Crippen molar-refractivity contribution in [1.29, 1.82) is 0 Å². The lowest BCUT2D eigenvalue weighted by Gasteiger charge is -1.93. The molecule has 0 bridgehead atoms. The Bertz CT molecular complexity index is 396. The summed E-state index contributed by atoms with van der Waals surface area (Å²) in [6.07, 6.45) is 5.49. The van der Waals surface area contributed by atoms with E-state index in [2.05, 4.69) is 25.1 Å². The van der Waals surface area contributed by atoms with Gasteiger partial charge in [-0.15, -0.1) is 0 Å². The summed E-state index contributed by atoms with van der Waals surface area (Å²) >= 11 is 0. The lowest BCUT2D eigenvalue weighted by molar-refractivity contribution is 0.102. The third kappa shape index (κ3) is 1.41. The van der Waals surface area contributed by atoms with Gasteiger partial charge in [-0.1, -0.05) is 0 Å². The summed E-state index contributed by atoms with van der Waals surface area (Å²) in [5.41, 5.74) is 0.388. The van der Waals surface area contributed by atoms with Crippen LogP contribution in [0.2, 0.25) is 0 Å². The van der Waals surface area contributed by atoms with Crippen molar-refractivity contribution in [2.45, 2.75) is 0 Å². The van der Waals surface area contributed by atoms with Gasteiger partial charge in [-0.25, -0.2) is 15.0 Å². The number of aromatic nitrogens is 5. The highest BCUT2D eigenvalue weighted by molar-refractivity contribution is 6.05. The van der Waals surface area contributed by atoms with Crippen molar-refractivity contribution in [3.8, 4) is 0 Å². The molecule has 1 N–H and O–H groups in total. The summed E-state index contributed by atoms with van der Waals surface area (Å²) in [6, 6.07) is 0. The molecular weight excluding hydrogens is 170 g/mol. The van der Waals surface area contributed by atoms with Crippen molar-refractivity contribution < 1.29 is 4.79 Å². The van der Waals surface area contributed by atoms with Crippen molar-refractivity contribution in [3.05, 3.63) is 36.4 Å². The molecule has 0 aliphatic rings. The SMILES string of the molecule is O=C(c1cncnc1)c1ncn[nH]1. The lowest BCUT2D eigenvalue weighted by atomic mass is 10.2. The first-order valence-electron chi connectivity index (χ1n) is 3.53. The zero-order valence-electron chi connectivity index (χ0n) is 6.51. The van der Waals surface area contributed by atoms with E-state index in [1.807, 2.05) is 0 Å². The fraction of sp³-hybridized carbons (Fsp3) is 0. The number of aromatic amines is 1. The van der Waals surface area contributed by atoms with Gasteiger partial charge in [-0.2, -0.15) is 5.10 Å². The molecule has 64 valence electrons. The molecule has 0 saturated heterocycles. The minimum atomic E-state index is -0.266. The fourth-order valence-electron chi connectivity index (χ4n) is 0.868. The van der Waals surface area contributed by atoms with Crippen molar-refractivity contribution in [3.63, 3.8) is 0 Å². The average Bonchev–Trinajstić information content (AvgIpc) is 2.71. The van der Waals surface area contributed by atoms with Gasteiger partial charge in [0.1, 0.15) is 12.7 Å². The Morgan fingerprint density at radius 2 is 2.00 bits per heavy atom. The molecule has 6 heteroatoms. The quantitative estimate of drug-likeness (QED) is 0.640. The van der Waals surface area contributed by atoms with Crippen LogP contribution >= 0.6 is 0 Å². The average molecular weight is 175 g/mol. The van der Waals surface area contributed by atoms with Crippen molar-refractivity contribution >= 4 is 5.78 Å². The van der Waals surface area contributed by atoms with Gasteiger partial charge in [0.15, 0.2) is 5.82 Å². The van der Waals surface area contributed by atoms with E-state index in [-0.39, 0.29) is 11.6 Å². The molecular formula is C7H5N5O. The summed E-state index contributed by atoms with van der Waals surface area (Å²) in [4.78, 5) is 22.7. The van der Waals surface area contributed by atoms with E-state index >= 15 is 0 Å². The molecule has 0 aromatic carbocycles. The Morgan fingerprint density at radius 1 is 1.23 bits per heavy atom. The van der Waals surface area contributed by atoms with Crippen LogP contribution in [0.4, 0.5) is 0 Å². The van der Waals surface area contributed by atoms with E-state index < -0.39 is 0 Å². The predicted molar refractivity (Wildman–Crippen MR) is 41.8 cm³/mol. The van der Waals surface area contributed by atoms with E-state index in [0.717, 1.165) is 0 Å². The molecule has 2 aromatic heterocycles. The molecule has 0 fully saturated rings. The monoisotopic (exact) mass is 175 g/mol. The molecule has 0 spiro atoms. The molecule has 2 aromatic rings. The van der Waals surface area contributed by atoms with Gasteiger partial charge in [0, 0.05) is 12.4 Å². The van der Waals surface area contributed by atoms with Crippen molar-refractivity contribution in [2.24, 2.45) is 0 Å². The molecule has 0 unspecified atom stereocenters. The normalized spacial score (nSPS) is 9.85. The van der Waals surface area contributed by atoms with E-state index in [1.54, 1.807) is 0 Å². The number of ketones is 1. The molecule has 13 heavy (non-hydrogen) atoms. The molecule has 6 nitrogen and oxygen atoms in total. The van der Waals surface area contributed by atoms with Gasteiger partial charge in [0.05, 0.1) is 5.56 Å². The predicted octanol–water partition coefficient (Wildman–Crippen LogP) is -0.174. The number of carbonyl (C=O) groups excluding carboxylic acids is 1. The van der Waals surface area contributed by atoms with Crippen LogP contribution in [0, 0.1) is 0 Å². The van der Waals surface area contributed by atoms with E-state index in [0.29, 0.717) is 5.56 Å². The number of hydrogen-bond donors (Lipinski definition) is 1. The van der Waals surface area contributed by atoms with Gasteiger partial charge in [-0.3, -0.25) is 9.89 Å². The van der Waals surface area contributed by atoms with Gasteiger partial charge in [0.2, 0.25) is 5.78 Å². The maximum atomic E-state index is 11.5. The largest absolute Gasteiger partial charge is 0.285 e. The topological polar surface area (TPSA) is 84.4 Å². The molecule has 0 saturated carbocycles. The van der Waals surface area contributed by atoms with Gasteiger partial charge in [0.25, 0.3) is 0 Å². The van der Waals surface area contributed by atoms with Crippen LogP contribution in [-0.4, -0.2) is 30.9 Å². The highest BCUT2D eigenvalue weighted by Crippen LogP contribution is 2.00. The number of hydrogen-bond acceptors (Lipinski definition) is 5. The Labute approximate surface area is 73.1 Å². The lowest BCUT2D eigenvalue weighted by Crippen LogP contribution is -2.04. The Morgan fingerprint density at radius 3 is 2.62 bits per heavy atom. The first-order valence-corrected chi connectivity index (χ1v) is 3.53. The maximum Gasteiger partial charge on any atom is 0.232 e. The Kier molecular flexibility index (Phi) is 1.79. The van der Waals surface area contributed by atoms with Crippen LogP contribution in [0.15, 0.2) is 25.0 Å². The molecule has 0 atom stereocenters. The summed E-state index contributed by atoms with van der Waals surface area (Å²) in [7, 11) is 0. The van der Waals surface area contributed by atoms with E-state index in [9.17, 15) is 4.79 Å². The van der Waals surface area contributed by atoms with Gasteiger partial charge >= 0.3 is 0 Å². The third-order valence-corrected chi connectivity index (χ3v) is 1.45. The van der Waals surface area contributed by atoms with Crippen molar-refractivity contribution in [1.82, 2.24) is 25.1 Å². The summed E-state index contributed by atoms with van der Waals surface area (Å²) in [5, 5.41) is 6.04. The minimum Gasteiger partial charge on any atom is -0.285 e. The van der Waals surface area contributed by atoms with Crippen LogP contribution in [-0.2, 0) is 0 Å². The third-order valence-electron chi connectivity index (χ3n) is 1.45. The number of H-pyrrole nitrogens is 1. The van der Waals surface area contributed by atoms with E-state index in [1.165, 1.54) is 25.0 Å². The zero-order chi connectivity index (χ0) is 9.10. The first kappa shape index (κ1) is 7.53. The molecule has 2 rings (SSSR count). The number of nitrogens with zero attached hydrogens (tertiary/aromatic N) is 4. The number of nitrogens with one attached hydrogen (secondary N) is 1. The van der Waals surface area contributed by atoms with E-state index in [4.69, 9.17) is 0 Å². The minimum absolute atomic E-state index is 0.190. The molecule has 0 radical (unpaired) electrons. The highest BCUT2D eigenvalue weighted by atomic mass is 16.1. The number of carbonyl (C=O) groups is 1. The summed E-state index contributed by atoms with van der Waals surface area (Å²) in [5.74, 6) is -0.0760. The summed E-state index contributed by atoms with van der Waals surface area (Å²) < 4.78 is 0. The Balaban J connectivity index is 2.34.